The first-order valence-electron chi connectivity index (χ1n) is 6.26. The van der Waals surface area contributed by atoms with Gasteiger partial charge in [-0.3, -0.25) is 9.20 Å². The number of nitrogens with zero attached hydrogens (tertiary/aromatic N) is 2. The topological polar surface area (TPSA) is 34.4 Å². The van der Waals surface area contributed by atoms with Gasteiger partial charge in [0.2, 0.25) is 0 Å². The van der Waals surface area contributed by atoms with Gasteiger partial charge in [0.1, 0.15) is 5.78 Å². The summed E-state index contributed by atoms with van der Waals surface area (Å²) in [4.78, 5) is 18.6. The molecule has 0 aliphatic heterocycles. The summed E-state index contributed by atoms with van der Waals surface area (Å²) < 4.78 is 1.97. The smallest absolute Gasteiger partial charge is 0.193 e. The molecule has 3 heterocycles. The minimum atomic E-state index is 0.280. The zero-order valence-corrected chi connectivity index (χ0v) is 12.0. The molecule has 0 radical (unpaired) electrons. The molecule has 3 aromatic rings. The molecule has 3 nitrogen and oxygen atoms in total. The van der Waals surface area contributed by atoms with Gasteiger partial charge in [0, 0.05) is 29.1 Å². The molecular weight excluding hydrogens is 276 g/mol. The predicted molar refractivity (Wildman–Crippen MR) is 79.0 cm³/mol. The van der Waals surface area contributed by atoms with Crippen molar-refractivity contribution in [2.75, 3.05) is 0 Å². The number of hydrogen-bond acceptors (Lipinski definition) is 4. The highest BCUT2D eigenvalue weighted by atomic mass is 32.1. The molecule has 0 fully saturated rings. The first-order valence-corrected chi connectivity index (χ1v) is 8.02. The SMILES string of the molecule is O=C(CCCc1cccs1)Cc1cn2ccsc2n1. The van der Waals surface area contributed by atoms with Crippen molar-refractivity contribution in [2.24, 2.45) is 0 Å². The Labute approximate surface area is 119 Å². The minimum absolute atomic E-state index is 0.280. The van der Waals surface area contributed by atoms with Gasteiger partial charge in [0.15, 0.2) is 4.96 Å². The quantitative estimate of drug-likeness (QED) is 0.695. The molecule has 0 atom stereocenters. The van der Waals surface area contributed by atoms with Crippen molar-refractivity contribution in [2.45, 2.75) is 25.7 Å². The number of fused-ring (bicyclic) bond motifs is 1. The van der Waals surface area contributed by atoms with Gasteiger partial charge in [-0.25, -0.2) is 4.98 Å². The lowest BCUT2D eigenvalue weighted by Crippen LogP contribution is -2.03. The number of hydrogen-bond donors (Lipinski definition) is 0. The maximum absolute atomic E-state index is 11.9. The second kappa shape index (κ2) is 5.67. The number of thiophene rings is 1. The number of aromatic nitrogens is 2. The summed E-state index contributed by atoms with van der Waals surface area (Å²) >= 11 is 3.35. The summed E-state index contributed by atoms with van der Waals surface area (Å²) in [6.45, 7) is 0. The maximum Gasteiger partial charge on any atom is 0.193 e. The van der Waals surface area contributed by atoms with E-state index in [2.05, 4.69) is 22.5 Å². The molecule has 0 bridgehead atoms. The highest BCUT2D eigenvalue weighted by Gasteiger charge is 2.08. The maximum atomic E-state index is 11.9. The summed E-state index contributed by atoms with van der Waals surface area (Å²) in [5, 5.41) is 4.07. The molecule has 5 heteroatoms. The van der Waals surface area contributed by atoms with Crippen LogP contribution in [0.4, 0.5) is 0 Å². The van der Waals surface area contributed by atoms with Crippen molar-refractivity contribution in [3.05, 3.63) is 45.9 Å². The van der Waals surface area contributed by atoms with Gasteiger partial charge in [0.05, 0.1) is 12.1 Å². The van der Waals surface area contributed by atoms with Gasteiger partial charge in [-0.05, 0) is 24.3 Å². The van der Waals surface area contributed by atoms with E-state index in [9.17, 15) is 4.79 Å². The fraction of sp³-hybridized carbons (Fsp3) is 0.286. The fourth-order valence-corrected chi connectivity index (χ4v) is 3.54. The highest BCUT2D eigenvalue weighted by Crippen LogP contribution is 2.14. The summed E-state index contributed by atoms with van der Waals surface area (Å²) in [5.74, 6) is 0.280. The van der Waals surface area contributed by atoms with Gasteiger partial charge in [0.25, 0.3) is 0 Å². The van der Waals surface area contributed by atoms with Gasteiger partial charge in [-0.15, -0.1) is 22.7 Å². The molecule has 98 valence electrons. The lowest BCUT2D eigenvalue weighted by Gasteiger charge is -1.98. The average Bonchev–Trinajstić information content (AvgIpc) is 3.04. The fourth-order valence-electron chi connectivity index (χ4n) is 2.07. The monoisotopic (exact) mass is 290 g/mol. The number of imidazole rings is 1. The molecule has 0 saturated carbocycles. The van der Waals surface area contributed by atoms with Crippen LogP contribution < -0.4 is 0 Å². The highest BCUT2D eigenvalue weighted by molar-refractivity contribution is 7.15. The Morgan fingerprint density at radius 2 is 2.26 bits per heavy atom. The van der Waals surface area contributed by atoms with Crippen LogP contribution in [0.3, 0.4) is 0 Å². The first-order chi connectivity index (χ1) is 9.31. The van der Waals surface area contributed by atoms with Crippen molar-refractivity contribution < 1.29 is 4.79 Å². The molecule has 0 saturated heterocycles. The Morgan fingerprint density at radius 3 is 3.05 bits per heavy atom. The van der Waals surface area contributed by atoms with Crippen LogP contribution in [0.1, 0.15) is 23.4 Å². The van der Waals surface area contributed by atoms with Crippen LogP contribution in [0.15, 0.2) is 35.3 Å². The van der Waals surface area contributed by atoms with Crippen molar-refractivity contribution in [1.82, 2.24) is 9.38 Å². The second-order valence-electron chi connectivity index (χ2n) is 4.47. The van der Waals surface area contributed by atoms with Gasteiger partial charge >= 0.3 is 0 Å². The van der Waals surface area contributed by atoms with E-state index in [1.807, 2.05) is 22.2 Å². The molecule has 0 amide bonds. The number of aryl methyl sites for hydroxylation is 1. The van der Waals surface area contributed by atoms with E-state index < -0.39 is 0 Å². The van der Waals surface area contributed by atoms with E-state index >= 15 is 0 Å². The number of carbonyl (C=O) groups excluding carboxylic acids is 1. The minimum Gasteiger partial charge on any atom is -0.299 e. The van der Waals surface area contributed by atoms with E-state index in [0.717, 1.165) is 23.5 Å². The van der Waals surface area contributed by atoms with Crippen molar-refractivity contribution >= 4 is 33.4 Å². The van der Waals surface area contributed by atoms with Crippen LogP contribution >= 0.6 is 22.7 Å². The Bertz CT molecular complexity index is 638. The van der Waals surface area contributed by atoms with E-state index in [1.54, 1.807) is 22.7 Å². The molecular formula is C14H14N2OS2. The Hall–Kier alpha value is -1.46. The molecule has 0 aliphatic carbocycles. The molecule has 0 unspecified atom stereocenters. The summed E-state index contributed by atoms with van der Waals surface area (Å²) in [5.41, 5.74) is 0.882. The normalized spacial score (nSPS) is 11.2. The van der Waals surface area contributed by atoms with Crippen LogP contribution in [0.2, 0.25) is 0 Å². The van der Waals surface area contributed by atoms with Crippen LogP contribution in [0, 0.1) is 0 Å². The number of carbonyl (C=O) groups is 1. The molecule has 0 spiro atoms. The zero-order chi connectivity index (χ0) is 13.1. The van der Waals surface area contributed by atoms with Crippen LogP contribution in [-0.2, 0) is 17.6 Å². The second-order valence-corrected chi connectivity index (χ2v) is 6.38. The Balaban J connectivity index is 1.49. The van der Waals surface area contributed by atoms with Crippen LogP contribution in [0.25, 0.3) is 4.96 Å². The summed E-state index contributed by atoms with van der Waals surface area (Å²) in [6.07, 6.45) is 6.95. The molecule has 3 rings (SSSR count). The first kappa shape index (κ1) is 12.6. The standard InChI is InChI=1S/C14H14N2OS2/c17-12(3-1-4-13-5-2-7-18-13)9-11-10-16-6-8-19-14(16)15-11/h2,5-8,10H,1,3-4,9H2. The van der Waals surface area contributed by atoms with E-state index in [4.69, 9.17) is 0 Å². The lowest BCUT2D eigenvalue weighted by molar-refractivity contribution is -0.118. The summed E-state index contributed by atoms with van der Waals surface area (Å²) in [6, 6.07) is 4.18. The molecule has 0 aromatic carbocycles. The number of rotatable bonds is 6. The molecule has 0 aliphatic rings. The van der Waals surface area contributed by atoms with Crippen molar-refractivity contribution in [3.63, 3.8) is 0 Å². The van der Waals surface area contributed by atoms with Crippen LogP contribution in [0.5, 0.6) is 0 Å². The number of ketones is 1. The summed E-state index contributed by atoms with van der Waals surface area (Å²) in [7, 11) is 0. The third-order valence-corrected chi connectivity index (χ3v) is 4.69. The molecule has 19 heavy (non-hydrogen) atoms. The van der Waals surface area contributed by atoms with Crippen molar-refractivity contribution in [3.8, 4) is 0 Å². The lowest BCUT2D eigenvalue weighted by atomic mass is 10.1. The zero-order valence-electron chi connectivity index (χ0n) is 10.4. The Morgan fingerprint density at radius 1 is 1.32 bits per heavy atom. The number of Topliss-reactive ketones (excluding diaryl/α,β-unsaturated/α-hetero) is 1. The largest absolute Gasteiger partial charge is 0.299 e. The van der Waals surface area contributed by atoms with E-state index in [-0.39, 0.29) is 5.78 Å². The van der Waals surface area contributed by atoms with Gasteiger partial charge in [-0.1, -0.05) is 6.07 Å². The third kappa shape index (κ3) is 3.11. The number of thiazole rings is 1. The average molecular weight is 290 g/mol. The van der Waals surface area contributed by atoms with Crippen LogP contribution in [-0.4, -0.2) is 15.2 Å². The predicted octanol–water partition coefficient (Wildman–Crippen LogP) is 3.59. The van der Waals surface area contributed by atoms with E-state index in [1.165, 1.54) is 4.88 Å². The Kier molecular flexibility index (Phi) is 3.75. The van der Waals surface area contributed by atoms with E-state index in [0.29, 0.717) is 12.8 Å². The third-order valence-electron chi connectivity index (χ3n) is 2.98. The van der Waals surface area contributed by atoms with Gasteiger partial charge in [-0.2, -0.15) is 0 Å². The van der Waals surface area contributed by atoms with Crippen molar-refractivity contribution in [1.29, 1.82) is 0 Å². The molecule has 3 aromatic heterocycles. The van der Waals surface area contributed by atoms with Gasteiger partial charge < -0.3 is 0 Å². The molecule has 0 N–H and O–H groups in total.